The minimum absolute atomic E-state index is 0. The number of rotatable bonds is 8. The highest BCUT2D eigenvalue weighted by molar-refractivity contribution is 7.89. The number of aromatic nitrogens is 2. The average molecular weight is 513 g/mol. The van der Waals surface area contributed by atoms with Crippen LogP contribution in [0.2, 0.25) is 0 Å². The third-order valence-corrected chi connectivity index (χ3v) is 6.85. The molecule has 10 heteroatoms. The van der Waals surface area contributed by atoms with Gasteiger partial charge in [-0.3, -0.25) is 4.98 Å². The van der Waals surface area contributed by atoms with E-state index in [1.807, 2.05) is 30.3 Å². The summed E-state index contributed by atoms with van der Waals surface area (Å²) in [6.07, 6.45) is 3.03. The Bertz CT molecular complexity index is 1390. The number of aliphatic hydroxyl groups is 1. The van der Waals surface area contributed by atoms with E-state index in [1.54, 1.807) is 24.3 Å². The van der Waals surface area contributed by atoms with Crippen LogP contribution < -0.4 is 10.5 Å². The van der Waals surface area contributed by atoms with Crippen LogP contribution in [0.3, 0.4) is 0 Å². The van der Waals surface area contributed by atoms with Crippen molar-refractivity contribution in [3.63, 3.8) is 0 Å². The number of nitrogens with two attached hydrogens (primary N) is 1. The lowest BCUT2D eigenvalue weighted by molar-refractivity contribution is 0.256. The van der Waals surface area contributed by atoms with Gasteiger partial charge in [0.2, 0.25) is 10.0 Å². The molecule has 0 spiro atoms. The van der Waals surface area contributed by atoms with E-state index in [0.717, 1.165) is 5.56 Å². The van der Waals surface area contributed by atoms with Gasteiger partial charge in [0.05, 0.1) is 29.6 Å². The number of nitrogens with one attached hydrogen (secondary N) is 1. The lowest BCUT2D eigenvalue weighted by atomic mass is 10.0. The maximum atomic E-state index is 15.0. The van der Waals surface area contributed by atoms with E-state index in [1.165, 1.54) is 30.6 Å². The van der Waals surface area contributed by atoms with Gasteiger partial charge in [-0.1, -0.05) is 54.6 Å². The van der Waals surface area contributed by atoms with Crippen LogP contribution >= 0.6 is 13.5 Å². The Morgan fingerprint density at radius 3 is 2.31 bits per heavy atom. The van der Waals surface area contributed by atoms with E-state index in [2.05, 4.69) is 14.7 Å². The van der Waals surface area contributed by atoms with Crippen molar-refractivity contribution in [3.05, 3.63) is 96.6 Å². The molecule has 4 rings (SSSR count). The minimum atomic E-state index is -4.02. The van der Waals surface area contributed by atoms with E-state index < -0.39 is 21.9 Å². The van der Waals surface area contributed by atoms with Crippen LogP contribution in [0, 0.1) is 5.82 Å². The molecule has 0 saturated carbocycles. The summed E-state index contributed by atoms with van der Waals surface area (Å²) in [6, 6.07) is 19.3. The molecule has 0 amide bonds. The van der Waals surface area contributed by atoms with Crippen LogP contribution in [0.5, 0.6) is 0 Å². The maximum absolute atomic E-state index is 15.0. The molecule has 1 atom stereocenters. The predicted octanol–water partition coefficient (Wildman–Crippen LogP) is 3.53. The summed E-state index contributed by atoms with van der Waals surface area (Å²) < 4.78 is 44.0. The molecule has 182 valence electrons. The van der Waals surface area contributed by atoms with Crippen molar-refractivity contribution in [2.45, 2.75) is 17.4 Å². The van der Waals surface area contributed by atoms with Crippen LogP contribution in [0.1, 0.15) is 5.56 Å². The van der Waals surface area contributed by atoms with Crippen molar-refractivity contribution in [1.29, 1.82) is 0 Å². The summed E-state index contributed by atoms with van der Waals surface area (Å²) in [5.41, 5.74) is 7.68. The molecule has 0 aliphatic heterocycles. The van der Waals surface area contributed by atoms with Gasteiger partial charge in [-0.2, -0.15) is 13.5 Å². The molecule has 0 radical (unpaired) electrons. The number of aliphatic hydroxyl groups excluding tert-OH is 1. The Morgan fingerprint density at radius 2 is 1.66 bits per heavy atom. The second-order valence-electron chi connectivity index (χ2n) is 7.71. The summed E-state index contributed by atoms with van der Waals surface area (Å²) >= 11 is 0. The second kappa shape index (κ2) is 11.4. The first-order valence-corrected chi connectivity index (χ1v) is 12.0. The SMILES string of the molecule is Nc1cnc(-c2ccc(-c3ccccc3S(=O)(=O)N[C@H](CO)Cc3ccccc3)cc2F)cn1.S. The molecule has 0 aliphatic carbocycles. The predicted molar refractivity (Wildman–Crippen MR) is 139 cm³/mol. The van der Waals surface area contributed by atoms with Crippen LogP contribution in [-0.4, -0.2) is 36.1 Å². The average Bonchev–Trinajstić information content (AvgIpc) is 2.85. The van der Waals surface area contributed by atoms with Gasteiger partial charge in [0, 0.05) is 17.2 Å². The molecular weight excluding hydrogens is 487 g/mol. The highest BCUT2D eigenvalue weighted by atomic mass is 32.2. The molecule has 1 aromatic heterocycles. The summed E-state index contributed by atoms with van der Waals surface area (Å²) in [5, 5.41) is 9.78. The molecule has 7 nitrogen and oxygen atoms in total. The van der Waals surface area contributed by atoms with Crippen molar-refractivity contribution < 1.29 is 17.9 Å². The molecule has 1 heterocycles. The van der Waals surface area contributed by atoms with Crippen LogP contribution in [0.15, 0.2) is 90.1 Å². The Labute approximate surface area is 210 Å². The van der Waals surface area contributed by atoms with Gasteiger partial charge < -0.3 is 10.8 Å². The lowest BCUT2D eigenvalue weighted by Gasteiger charge is -2.18. The highest BCUT2D eigenvalue weighted by Crippen LogP contribution is 2.31. The fraction of sp³-hybridized carbons (Fsp3) is 0.120. The normalized spacial score (nSPS) is 12.1. The van der Waals surface area contributed by atoms with Crippen molar-refractivity contribution in [1.82, 2.24) is 14.7 Å². The number of anilines is 1. The van der Waals surface area contributed by atoms with E-state index >= 15 is 0 Å². The smallest absolute Gasteiger partial charge is 0.241 e. The molecule has 0 unspecified atom stereocenters. The summed E-state index contributed by atoms with van der Waals surface area (Å²) in [6.45, 7) is -0.373. The van der Waals surface area contributed by atoms with Crippen molar-refractivity contribution in [3.8, 4) is 22.4 Å². The zero-order chi connectivity index (χ0) is 24.1. The standard InChI is InChI=1S/C25H23FN4O3S.H2S/c26-22-13-18(10-11-21(22)23-14-29-25(27)15-28-23)20-8-4-5-9-24(20)34(32,33)30-19(16-31)12-17-6-2-1-3-7-17;/h1-11,13-15,19,30-31H,12,16H2,(H2,27,29);1H2/t19-;/m0./s1. The van der Waals surface area contributed by atoms with Crippen molar-refractivity contribution in [2.75, 3.05) is 12.3 Å². The largest absolute Gasteiger partial charge is 0.395 e. The highest BCUT2D eigenvalue weighted by Gasteiger charge is 2.23. The van der Waals surface area contributed by atoms with E-state index in [0.29, 0.717) is 23.2 Å². The number of nitrogens with zero attached hydrogens (tertiary/aromatic N) is 2. The number of hydrogen-bond acceptors (Lipinski definition) is 6. The van der Waals surface area contributed by atoms with Gasteiger partial charge in [0.1, 0.15) is 11.6 Å². The maximum Gasteiger partial charge on any atom is 0.241 e. The van der Waals surface area contributed by atoms with Crippen LogP contribution in [-0.2, 0) is 16.4 Å². The van der Waals surface area contributed by atoms with Gasteiger partial charge >= 0.3 is 0 Å². The summed E-state index contributed by atoms with van der Waals surface area (Å²) in [5.74, 6) is -0.352. The Hall–Kier alpha value is -3.31. The molecule has 4 N–H and O–H groups in total. The first kappa shape index (κ1) is 26.3. The molecule has 0 bridgehead atoms. The van der Waals surface area contributed by atoms with Crippen molar-refractivity contribution >= 4 is 29.3 Å². The van der Waals surface area contributed by atoms with Gasteiger partial charge in [0.15, 0.2) is 0 Å². The third-order valence-electron chi connectivity index (χ3n) is 5.27. The fourth-order valence-electron chi connectivity index (χ4n) is 3.63. The minimum Gasteiger partial charge on any atom is -0.395 e. The molecule has 4 aromatic rings. The number of benzene rings is 3. The van der Waals surface area contributed by atoms with Gasteiger partial charge in [-0.05, 0) is 35.7 Å². The molecule has 3 aromatic carbocycles. The first-order chi connectivity index (χ1) is 16.4. The van der Waals surface area contributed by atoms with Crippen molar-refractivity contribution in [2.24, 2.45) is 0 Å². The second-order valence-corrected chi connectivity index (χ2v) is 9.39. The number of sulfonamides is 1. The third kappa shape index (κ3) is 6.23. The zero-order valence-corrected chi connectivity index (χ0v) is 20.4. The molecule has 0 saturated heterocycles. The van der Waals surface area contributed by atoms with E-state index in [-0.39, 0.29) is 36.4 Å². The topological polar surface area (TPSA) is 118 Å². The zero-order valence-electron chi connectivity index (χ0n) is 18.6. The lowest BCUT2D eigenvalue weighted by Crippen LogP contribution is -2.39. The van der Waals surface area contributed by atoms with Crippen LogP contribution in [0.4, 0.5) is 10.2 Å². The molecule has 0 aliphatic rings. The fourth-order valence-corrected chi connectivity index (χ4v) is 5.09. The Morgan fingerprint density at radius 1 is 0.943 bits per heavy atom. The molecular formula is C25H25FN4O3S2. The first-order valence-electron chi connectivity index (χ1n) is 10.5. The van der Waals surface area contributed by atoms with Gasteiger partial charge in [-0.25, -0.2) is 22.5 Å². The number of hydrogen-bond donors (Lipinski definition) is 3. The number of halogens is 1. The summed E-state index contributed by atoms with van der Waals surface area (Å²) in [7, 11) is -4.02. The van der Waals surface area contributed by atoms with E-state index in [9.17, 15) is 17.9 Å². The quantitative estimate of drug-likeness (QED) is 0.332. The van der Waals surface area contributed by atoms with Gasteiger partial charge in [-0.15, -0.1) is 0 Å². The molecule has 35 heavy (non-hydrogen) atoms. The van der Waals surface area contributed by atoms with E-state index in [4.69, 9.17) is 5.73 Å². The summed E-state index contributed by atoms with van der Waals surface area (Å²) in [4.78, 5) is 8.00. The molecule has 0 fully saturated rings. The number of nitrogen functional groups attached to an aromatic ring is 1. The Kier molecular flexibility index (Phi) is 8.57. The Balaban J connectivity index is 0.00000342. The monoisotopic (exact) mass is 512 g/mol. The van der Waals surface area contributed by atoms with Crippen LogP contribution in [0.25, 0.3) is 22.4 Å². The van der Waals surface area contributed by atoms with Gasteiger partial charge in [0.25, 0.3) is 0 Å².